The van der Waals surface area contributed by atoms with Gasteiger partial charge in [0.15, 0.2) is 5.16 Å². The van der Waals surface area contributed by atoms with E-state index in [1.165, 1.54) is 11.8 Å². The Morgan fingerprint density at radius 1 is 1.38 bits per heavy atom. The van der Waals surface area contributed by atoms with E-state index in [0.717, 1.165) is 17.1 Å². The fraction of sp³-hybridized carbons (Fsp3) is 0.333. The van der Waals surface area contributed by atoms with Crippen LogP contribution in [0, 0.1) is 0 Å². The van der Waals surface area contributed by atoms with Crippen molar-refractivity contribution >= 4 is 17.7 Å². The maximum atomic E-state index is 10.8. The molecule has 0 aliphatic carbocycles. The molecule has 112 valence electrons. The smallest absolute Gasteiger partial charge is 0.313 e. The van der Waals surface area contributed by atoms with E-state index in [9.17, 15) is 4.79 Å². The minimum absolute atomic E-state index is 0.00922. The highest BCUT2D eigenvalue weighted by Gasteiger charge is 2.15. The van der Waals surface area contributed by atoms with Crippen molar-refractivity contribution in [2.45, 2.75) is 24.9 Å². The zero-order valence-electron chi connectivity index (χ0n) is 12.2. The maximum absolute atomic E-state index is 10.8. The number of imidazole rings is 1. The summed E-state index contributed by atoms with van der Waals surface area (Å²) in [5, 5.41) is 9.53. The van der Waals surface area contributed by atoms with Crippen LogP contribution in [0.4, 0.5) is 0 Å². The number of hydrogen-bond donors (Lipinski definition) is 1. The van der Waals surface area contributed by atoms with Gasteiger partial charge in [-0.25, -0.2) is 4.98 Å². The van der Waals surface area contributed by atoms with Gasteiger partial charge < -0.3 is 9.84 Å². The molecule has 1 aromatic carbocycles. The van der Waals surface area contributed by atoms with Crippen LogP contribution in [0.3, 0.4) is 0 Å². The molecule has 0 radical (unpaired) electrons. The highest BCUT2D eigenvalue weighted by Crippen LogP contribution is 2.28. The van der Waals surface area contributed by atoms with Crippen molar-refractivity contribution in [2.24, 2.45) is 0 Å². The van der Waals surface area contributed by atoms with Crippen LogP contribution in [-0.4, -0.2) is 33.5 Å². The quantitative estimate of drug-likeness (QED) is 0.830. The third kappa shape index (κ3) is 3.58. The summed E-state index contributed by atoms with van der Waals surface area (Å²) < 4.78 is 7.16. The molecule has 0 bridgehead atoms. The molecule has 1 N–H and O–H groups in total. The topological polar surface area (TPSA) is 64.4 Å². The molecule has 0 atom stereocenters. The molecular weight excluding hydrogens is 288 g/mol. The predicted molar refractivity (Wildman–Crippen MR) is 82.6 cm³/mol. The van der Waals surface area contributed by atoms with Crippen molar-refractivity contribution in [1.29, 1.82) is 0 Å². The van der Waals surface area contributed by atoms with E-state index in [4.69, 9.17) is 9.84 Å². The van der Waals surface area contributed by atoms with Gasteiger partial charge in [0, 0.05) is 11.4 Å². The largest absolute Gasteiger partial charge is 0.497 e. The van der Waals surface area contributed by atoms with Crippen molar-refractivity contribution in [2.75, 3.05) is 12.9 Å². The number of thioether (sulfide) groups is 1. The Morgan fingerprint density at radius 2 is 2.05 bits per heavy atom. The zero-order chi connectivity index (χ0) is 15.4. The predicted octanol–water partition coefficient (Wildman–Crippen LogP) is 3.18. The summed E-state index contributed by atoms with van der Waals surface area (Å²) in [4.78, 5) is 15.1. The molecule has 0 saturated carbocycles. The lowest BCUT2D eigenvalue weighted by Crippen LogP contribution is -2.05. The molecule has 0 fully saturated rings. The Kier molecular flexibility index (Phi) is 4.90. The molecule has 2 rings (SSSR count). The fourth-order valence-electron chi connectivity index (χ4n) is 1.97. The van der Waals surface area contributed by atoms with E-state index in [0.29, 0.717) is 11.1 Å². The van der Waals surface area contributed by atoms with Gasteiger partial charge in [-0.05, 0) is 30.2 Å². The van der Waals surface area contributed by atoms with E-state index in [1.54, 1.807) is 13.3 Å². The van der Waals surface area contributed by atoms with E-state index < -0.39 is 5.97 Å². The summed E-state index contributed by atoms with van der Waals surface area (Å²) in [6.45, 7) is 4.17. The molecule has 6 heteroatoms. The molecule has 0 aliphatic heterocycles. The van der Waals surface area contributed by atoms with Crippen molar-refractivity contribution in [3.8, 4) is 11.4 Å². The lowest BCUT2D eigenvalue weighted by molar-refractivity contribution is -0.133. The Bertz CT molecular complexity index is 620. The summed E-state index contributed by atoms with van der Waals surface area (Å²) in [5.41, 5.74) is 2.00. The first-order valence-corrected chi connectivity index (χ1v) is 7.58. The Labute approximate surface area is 128 Å². The average Bonchev–Trinajstić information content (AvgIpc) is 2.89. The molecule has 2 aromatic rings. The number of aliphatic carboxylic acids is 1. The van der Waals surface area contributed by atoms with E-state index in [-0.39, 0.29) is 5.75 Å². The fourth-order valence-corrected chi connectivity index (χ4v) is 2.69. The molecule has 0 saturated heterocycles. The number of carbonyl (C=O) groups is 1. The lowest BCUT2D eigenvalue weighted by Gasteiger charge is -2.14. The number of nitrogens with zero attached hydrogens (tertiary/aromatic N) is 2. The highest BCUT2D eigenvalue weighted by atomic mass is 32.2. The lowest BCUT2D eigenvalue weighted by atomic mass is 10.1. The Balaban J connectivity index is 2.41. The van der Waals surface area contributed by atoms with Crippen LogP contribution in [0.15, 0.2) is 35.6 Å². The van der Waals surface area contributed by atoms with E-state index in [2.05, 4.69) is 18.8 Å². The van der Waals surface area contributed by atoms with Crippen molar-refractivity contribution in [3.63, 3.8) is 0 Å². The monoisotopic (exact) mass is 306 g/mol. The molecule has 0 amide bonds. The number of hydrogen-bond acceptors (Lipinski definition) is 4. The van der Waals surface area contributed by atoms with Crippen LogP contribution < -0.4 is 4.74 Å². The van der Waals surface area contributed by atoms with Gasteiger partial charge in [0.05, 0.1) is 19.1 Å². The average molecular weight is 306 g/mol. The number of benzene rings is 1. The zero-order valence-corrected chi connectivity index (χ0v) is 13.1. The number of carboxylic acid groups (broad SMARTS) is 1. The minimum Gasteiger partial charge on any atom is -0.497 e. The second-order valence-electron chi connectivity index (χ2n) is 4.84. The third-order valence-corrected chi connectivity index (χ3v) is 3.94. The second kappa shape index (κ2) is 6.67. The van der Waals surface area contributed by atoms with Crippen LogP contribution in [0.5, 0.6) is 5.75 Å². The van der Waals surface area contributed by atoms with Gasteiger partial charge in [-0.3, -0.25) is 9.36 Å². The molecule has 21 heavy (non-hydrogen) atoms. The number of aromatic nitrogens is 2. The van der Waals surface area contributed by atoms with Gasteiger partial charge in [-0.1, -0.05) is 25.6 Å². The maximum Gasteiger partial charge on any atom is 0.313 e. The van der Waals surface area contributed by atoms with Gasteiger partial charge in [-0.15, -0.1) is 0 Å². The van der Waals surface area contributed by atoms with Crippen molar-refractivity contribution < 1.29 is 14.6 Å². The first kappa shape index (κ1) is 15.4. The summed E-state index contributed by atoms with van der Waals surface area (Å²) in [6.07, 6.45) is 1.80. The van der Waals surface area contributed by atoms with E-state index >= 15 is 0 Å². The summed E-state index contributed by atoms with van der Waals surface area (Å²) >= 11 is 1.22. The molecular formula is C15H18N2O3S. The second-order valence-corrected chi connectivity index (χ2v) is 5.78. The van der Waals surface area contributed by atoms with Crippen LogP contribution in [-0.2, 0) is 4.79 Å². The third-order valence-electron chi connectivity index (χ3n) is 3.00. The van der Waals surface area contributed by atoms with Gasteiger partial charge in [0.25, 0.3) is 0 Å². The molecule has 0 spiro atoms. The van der Waals surface area contributed by atoms with Gasteiger partial charge >= 0.3 is 5.97 Å². The minimum atomic E-state index is -0.852. The normalized spacial score (nSPS) is 10.9. The number of methoxy groups -OCH3 is 1. The molecule has 1 aromatic heterocycles. The van der Waals surface area contributed by atoms with E-state index in [1.807, 2.05) is 28.8 Å². The van der Waals surface area contributed by atoms with Gasteiger partial charge in [0.2, 0.25) is 0 Å². The Morgan fingerprint density at radius 3 is 2.57 bits per heavy atom. The molecule has 5 nitrogen and oxygen atoms in total. The van der Waals surface area contributed by atoms with Crippen LogP contribution in [0.25, 0.3) is 5.69 Å². The van der Waals surface area contributed by atoms with Crippen LogP contribution in [0.1, 0.15) is 25.5 Å². The number of carboxylic acids is 1. The van der Waals surface area contributed by atoms with Gasteiger partial charge in [0.1, 0.15) is 5.75 Å². The van der Waals surface area contributed by atoms with Gasteiger partial charge in [-0.2, -0.15) is 0 Å². The summed E-state index contributed by atoms with van der Waals surface area (Å²) in [7, 11) is 1.62. The SMILES string of the molecule is COc1ccc(-n2c(C(C)C)cnc2SCC(=O)O)cc1. The first-order chi connectivity index (χ1) is 10.0. The highest BCUT2D eigenvalue weighted by molar-refractivity contribution is 7.99. The Hall–Kier alpha value is -1.95. The standard InChI is InChI=1S/C15H18N2O3S/c1-10(2)13-8-16-15(21-9-14(18)19)17(13)11-4-6-12(20-3)7-5-11/h4-8,10H,9H2,1-3H3,(H,18,19). The number of ether oxygens (including phenoxy) is 1. The first-order valence-electron chi connectivity index (χ1n) is 6.59. The molecule has 0 aliphatic rings. The van der Waals surface area contributed by atoms with Crippen LogP contribution >= 0.6 is 11.8 Å². The molecule has 1 heterocycles. The number of rotatable bonds is 6. The molecule has 0 unspecified atom stereocenters. The summed E-state index contributed by atoms with van der Waals surface area (Å²) in [6, 6.07) is 7.64. The van der Waals surface area contributed by atoms with Crippen molar-refractivity contribution in [1.82, 2.24) is 9.55 Å². The summed E-state index contributed by atoms with van der Waals surface area (Å²) in [5.74, 6) is 0.212. The van der Waals surface area contributed by atoms with Crippen molar-refractivity contribution in [3.05, 3.63) is 36.2 Å². The van der Waals surface area contributed by atoms with Crippen LogP contribution in [0.2, 0.25) is 0 Å².